The van der Waals surface area contributed by atoms with Crippen molar-refractivity contribution in [2.45, 2.75) is 13.0 Å². The van der Waals surface area contributed by atoms with Crippen LogP contribution in [0, 0.1) is 0 Å². The molecule has 1 aliphatic rings. The largest absolute Gasteiger partial charge is 0.497 e. The number of hydrogen-bond acceptors (Lipinski definition) is 6. The number of aliphatic carboxylic acids is 1. The molecular weight excluding hydrogens is 338 g/mol. The smallest absolute Gasteiger partial charge is 0.326 e. The van der Waals surface area contributed by atoms with E-state index in [2.05, 4.69) is 0 Å². The monoisotopic (exact) mass is 353 g/mol. The topological polar surface area (TPSA) is 76.1 Å². The Bertz CT molecular complexity index is 701. The van der Waals surface area contributed by atoms with E-state index < -0.39 is 17.9 Å². The predicted molar refractivity (Wildman–Crippen MR) is 91.7 cm³/mol. The van der Waals surface area contributed by atoms with Gasteiger partial charge in [-0.1, -0.05) is 24.0 Å². The highest BCUT2D eigenvalue weighted by Gasteiger charge is 2.38. The highest BCUT2D eigenvalue weighted by Crippen LogP contribution is 2.36. The Hall–Kier alpha value is -2.06. The number of ether oxygens (including phenoxy) is 2. The number of benzene rings is 1. The van der Waals surface area contributed by atoms with Gasteiger partial charge in [-0.2, -0.15) is 0 Å². The van der Waals surface area contributed by atoms with Gasteiger partial charge in [0.05, 0.1) is 19.1 Å². The summed E-state index contributed by atoms with van der Waals surface area (Å²) in [6, 6.07) is 4.19. The third-order valence-corrected chi connectivity index (χ3v) is 4.62. The van der Waals surface area contributed by atoms with Crippen LogP contribution >= 0.6 is 24.0 Å². The Morgan fingerprint density at radius 3 is 2.65 bits per heavy atom. The van der Waals surface area contributed by atoms with Crippen LogP contribution in [0.3, 0.4) is 0 Å². The van der Waals surface area contributed by atoms with Crippen LogP contribution in [0.15, 0.2) is 23.1 Å². The van der Waals surface area contributed by atoms with Crippen molar-refractivity contribution in [1.82, 2.24) is 4.90 Å². The minimum Gasteiger partial charge on any atom is -0.497 e. The van der Waals surface area contributed by atoms with Crippen LogP contribution in [0.25, 0.3) is 6.08 Å². The van der Waals surface area contributed by atoms with Crippen LogP contribution in [0.4, 0.5) is 0 Å². The summed E-state index contributed by atoms with van der Waals surface area (Å²) < 4.78 is 10.7. The maximum absolute atomic E-state index is 12.4. The van der Waals surface area contributed by atoms with Crippen molar-refractivity contribution in [2.75, 3.05) is 14.2 Å². The lowest BCUT2D eigenvalue weighted by Crippen LogP contribution is -2.41. The first-order chi connectivity index (χ1) is 10.9. The maximum Gasteiger partial charge on any atom is 0.326 e. The van der Waals surface area contributed by atoms with Gasteiger partial charge in [-0.05, 0) is 31.2 Å². The maximum atomic E-state index is 12.4. The number of methoxy groups -OCH3 is 2. The SMILES string of the molecule is COc1ccc(OC)c(/C=C2/SC(=S)N([C@H](C)C(=O)O)C2=O)c1. The number of carbonyl (C=O) groups is 2. The summed E-state index contributed by atoms with van der Waals surface area (Å²) in [5.74, 6) is -0.352. The summed E-state index contributed by atoms with van der Waals surface area (Å²) >= 11 is 6.19. The molecule has 0 radical (unpaired) electrons. The number of rotatable bonds is 5. The summed E-state index contributed by atoms with van der Waals surface area (Å²) in [6.07, 6.45) is 1.62. The van der Waals surface area contributed by atoms with Crippen molar-refractivity contribution in [2.24, 2.45) is 0 Å². The second-order valence-corrected chi connectivity index (χ2v) is 6.35. The predicted octanol–water partition coefficient (Wildman–Crippen LogP) is 2.38. The first-order valence-electron chi connectivity index (χ1n) is 6.61. The standard InChI is InChI=1S/C15H15NO5S2/c1-8(14(18)19)16-13(17)12(23-15(16)22)7-9-6-10(20-2)4-5-11(9)21-3/h4-8H,1-3H3,(H,18,19)/b12-7+/t8-/m1/s1. The molecule has 1 heterocycles. The van der Waals surface area contributed by atoms with Crippen LogP contribution in [0.1, 0.15) is 12.5 Å². The number of amides is 1. The summed E-state index contributed by atoms with van der Waals surface area (Å²) in [5.41, 5.74) is 0.648. The van der Waals surface area contributed by atoms with Gasteiger partial charge >= 0.3 is 5.97 Å². The number of carboxylic acid groups (broad SMARTS) is 1. The van der Waals surface area contributed by atoms with Crippen molar-refractivity contribution < 1.29 is 24.2 Å². The summed E-state index contributed by atoms with van der Waals surface area (Å²) in [6.45, 7) is 1.42. The Labute approximate surface area is 143 Å². The Morgan fingerprint density at radius 2 is 2.09 bits per heavy atom. The van der Waals surface area contributed by atoms with Crippen LogP contribution < -0.4 is 9.47 Å². The molecule has 1 N–H and O–H groups in total. The molecule has 1 atom stereocenters. The molecule has 0 unspecified atom stereocenters. The van der Waals surface area contributed by atoms with Crippen molar-refractivity contribution in [3.63, 3.8) is 0 Å². The Kier molecular flexibility index (Phi) is 5.27. The number of hydrogen-bond donors (Lipinski definition) is 1. The van der Waals surface area contributed by atoms with E-state index in [1.165, 1.54) is 14.0 Å². The fraction of sp³-hybridized carbons (Fsp3) is 0.267. The minimum atomic E-state index is -1.11. The minimum absolute atomic E-state index is 0.220. The molecule has 0 saturated carbocycles. The second-order valence-electron chi connectivity index (χ2n) is 4.67. The van der Waals surface area contributed by atoms with Gasteiger partial charge in [0.25, 0.3) is 5.91 Å². The third-order valence-electron chi connectivity index (χ3n) is 3.29. The number of carbonyl (C=O) groups excluding carboxylic acids is 1. The Balaban J connectivity index is 2.39. The first kappa shape index (κ1) is 17.3. The third kappa shape index (κ3) is 3.48. The van der Waals surface area contributed by atoms with E-state index in [1.54, 1.807) is 31.4 Å². The number of thioether (sulfide) groups is 1. The number of nitrogens with zero attached hydrogens (tertiary/aromatic N) is 1. The second kappa shape index (κ2) is 7.01. The van der Waals surface area contributed by atoms with E-state index >= 15 is 0 Å². The average Bonchev–Trinajstić information content (AvgIpc) is 2.80. The number of thiocarbonyl (C=S) groups is 1. The molecule has 0 aliphatic carbocycles. The summed E-state index contributed by atoms with van der Waals surface area (Å²) in [5, 5.41) is 9.09. The van der Waals surface area contributed by atoms with E-state index in [1.807, 2.05) is 0 Å². The Morgan fingerprint density at radius 1 is 1.39 bits per heavy atom. The normalized spacial score (nSPS) is 17.5. The lowest BCUT2D eigenvalue weighted by molar-refractivity contribution is -0.144. The fourth-order valence-electron chi connectivity index (χ4n) is 2.02. The molecule has 1 aromatic rings. The molecule has 1 fully saturated rings. The molecular formula is C15H15NO5S2. The highest BCUT2D eigenvalue weighted by atomic mass is 32.2. The molecule has 1 amide bonds. The number of carboxylic acids is 1. The van der Waals surface area contributed by atoms with Gasteiger partial charge in [0.2, 0.25) is 0 Å². The first-order valence-corrected chi connectivity index (χ1v) is 7.83. The zero-order chi connectivity index (χ0) is 17.1. The molecule has 122 valence electrons. The summed E-state index contributed by atoms with van der Waals surface area (Å²) in [7, 11) is 3.07. The van der Waals surface area contributed by atoms with Gasteiger partial charge in [-0.3, -0.25) is 9.69 Å². The van der Waals surface area contributed by atoms with Crippen LogP contribution in [-0.2, 0) is 9.59 Å². The molecule has 2 rings (SSSR count). The van der Waals surface area contributed by atoms with E-state index in [9.17, 15) is 9.59 Å². The molecule has 1 aliphatic heterocycles. The van der Waals surface area contributed by atoms with E-state index in [4.69, 9.17) is 26.8 Å². The van der Waals surface area contributed by atoms with E-state index in [0.29, 0.717) is 22.0 Å². The highest BCUT2D eigenvalue weighted by molar-refractivity contribution is 8.26. The van der Waals surface area contributed by atoms with Crippen molar-refractivity contribution in [1.29, 1.82) is 0 Å². The van der Waals surface area contributed by atoms with Crippen molar-refractivity contribution in [3.8, 4) is 11.5 Å². The van der Waals surface area contributed by atoms with Gasteiger partial charge in [0.1, 0.15) is 21.9 Å². The van der Waals surface area contributed by atoms with Gasteiger partial charge < -0.3 is 14.6 Å². The lowest BCUT2D eigenvalue weighted by Gasteiger charge is -2.18. The zero-order valence-electron chi connectivity index (χ0n) is 12.7. The van der Waals surface area contributed by atoms with Crippen molar-refractivity contribution >= 4 is 46.3 Å². The van der Waals surface area contributed by atoms with Crippen LogP contribution in [0.2, 0.25) is 0 Å². The average molecular weight is 353 g/mol. The molecule has 0 spiro atoms. The van der Waals surface area contributed by atoms with Gasteiger partial charge in [0.15, 0.2) is 0 Å². The van der Waals surface area contributed by atoms with Crippen molar-refractivity contribution in [3.05, 3.63) is 28.7 Å². The van der Waals surface area contributed by atoms with E-state index in [0.717, 1.165) is 16.7 Å². The molecule has 0 bridgehead atoms. The quantitative estimate of drug-likeness (QED) is 0.643. The molecule has 1 saturated heterocycles. The molecule has 8 heteroatoms. The van der Waals surface area contributed by atoms with Gasteiger partial charge in [-0.15, -0.1) is 0 Å². The fourth-order valence-corrected chi connectivity index (χ4v) is 3.43. The van der Waals surface area contributed by atoms with Gasteiger partial charge in [-0.25, -0.2) is 4.79 Å². The lowest BCUT2D eigenvalue weighted by atomic mass is 10.1. The van der Waals surface area contributed by atoms with Crippen LogP contribution in [0.5, 0.6) is 11.5 Å². The zero-order valence-corrected chi connectivity index (χ0v) is 14.4. The van der Waals surface area contributed by atoms with E-state index in [-0.39, 0.29) is 4.32 Å². The van der Waals surface area contributed by atoms with Crippen LogP contribution in [-0.4, -0.2) is 46.5 Å². The molecule has 23 heavy (non-hydrogen) atoms. The molecule has 6 nitrogen and oxygen atoms in total. The summed E-state index contributed by atoms with van der Waals surface area (Å²) in [4.78, 5) is 25.0. The molecule has 1 aromatic carbocycles. The van der Waals surface area contributed by atoms with Gasteiger partial charge in [0, 0.05) is 5.56 Å². The molecule has 0 aromatic heterocycles.